The number of nitrogens with zero attached hydrogens (tertiary/aromatic N) is 3. The third-order valence-electron chi connectivity index (χ3n) is 9.53. The Balaban J connectivity index is 1.51. The molecule has 1 unspecified atom stereocenters. The van der Waals surface area contributed by atoms with Gasteiger partial charge in [0.1, 0.15) is 0 Å². The monoisotopic (exact) mass is 767 g/mol. The summed E-state index contributed by atoms with van der Waals surface area (Å²) in [5.41, 5.74) is -2.66. The molecule has 2 N–H and O–H groups in total. The quantitative estimate of drug-likeness (QED) is 0.179. The van der Waals surface area contributed by atoms with Crippen LogP contribution < -0.4 is 10.6 Å². The van der Waals surface area contributed by atoms with Crippen molar-refractivity contribution in [3.8, 4) is 11.3 Å². The van der Waals surface area contributed by atoms with E-state index in [1.807, 2.05) is 10.2 Å². The molecule has 4 aromatic rings. The van der Waals surface area contributed by atoms with Gasteiger partial charge in [-0.3, -0.25) is 19.4 Å². The van der Waals surface area contributed by atoms with Crippen LogP contribution in [0.25, 0.3) is 22.2 Å². The number of fused-ring (bicyclic) bond motifs is 1. The van der Waals surface area contributed by atoms with Crippen LogP contribution in [0, 0.1) is 0 Å². The Morgan fingerprint density at radius 2 is 1.52 bits per heavy atom. The maximum Gasteiger partial charge on any atom is 0.471 e. The first-order valence-corrected chi connectivity index (χ1v) is 17.0. The molecule has 0 saturated carbocycles. The van der Waals surface area contributed by atoms with E-state index in [0.717, 1.165) is 61.6 Å². The van der Waals surface area contributed by atoms with E-state index in [4.69, 9.17) is 4.74 Å². The number of benzene rings is 3. The van der Waals surface area contributed by atoms with Crippen LogP contribution in [0.2, 0.25) is 0 Å². The minimum atomic E-state index is -5.30. The summed E-state index contributed by atoms with van der Waals surface area (Å²) in [6.07, 6.45) is -13.8. The fourth-order valence-electron chi connectivity index (χ4n) is 6.89. The number of likely N-dealkylation sites (tertiary alicyclic amines) is 1. The molecule has 6 rings (SSSR count). The molecule has 0 radical (unpaired) electrons. The Kier molecular flexibility index (Phi) is 11.2. The van der Waals surface area contributed by atoms with Crippen LogP contribution in [0.5, 0.6) is 0 Å². The van der Waals surface area contributed by atoms with Gasteiger partial charge in [0.05, 0.1) is 35.6 Å². The van der Waals surface area contributed by atoms with Crippen LogP contribution in [0.1, 0.15) is 45.9 Å². The number of anilines is 1. The molecule has 2 aliphatic rings. The summed E-state index contributed by atoms with van der Waals surface area (Å²) in [6.45, 7) is 3.36. The molecule has 8 nitrogen and oxygen atoms in total. The predicted molar refractivity (Wildman–Crippen MR) is 180 cm³/mol. The molecule has 2 fully saturated rings. The third kappa shape index (κ3) is 8.96. The van der Waals surface area contributed by atoms with Crippen molar-refractivity contribution in [2.45, 2.75) is 50.0 Å². The number of carbonyl (C=O) groups is 2. The highest BCUT2D eigenvalue weighted by Crippen LogP contribution is 2.39. The fraction of sp³-hybridized carbons (Fsp3) is 0.378. The molecule has 0 bridgehead atoms. The maximum absolute atomic E-state index is 14.6. The standard InChI is InChI=1S/C37H34F9N5O3/c38-35(39,40)24-8-4-7-23(19-24)31-28(21-50-13-11-26(12-14-50)51-15-17-54-18-16-51)30(33(52)49-32(36(41,42)43)22-5-2-1-3-6-22)27-20-25(9-10-29(27)48-31)47-34(53)37(44,45)46/h1-10,19-20,26,32H,11-18,21H2,(H,47,53)(H,49,52). The maximum atomic E-state index is 14.6. The largest absolute Gasteiger partial charge is 0.471 e. The van der Waals surface area contributed by atoms with E-state index in [1.54, 1.807) is 5.32 Å². The Bertz CT molecular complexity index is 1970. The van der Waals surface area contributed by atoms with Crippen molar-refractivity contribution in [1.82, 2.24) is 20.1 Å². The Morgan fingerprint density at radius 1 is 0.833 bits per heavy atom. The average Bonchev–Trinajstić information content (AvgIpc) is 3.13. The minimum Gasteiger partial charge on any atom is -0.379 e. The van der Waals surface area contributed by atoms with E-state index < -0.39 is 53.2 Å². The highest BCUT2D eigenvalue weighted by atomic mass is 19.4. The van der Waals surface area contributed by atoms with Gasteiger partial charge in [-0.05, 0) is 61.8 Å². The van der Waals surface area contributed by atoms with Crippen molar-refractivity contribution in [3.63, 3.8) is 0 Å². The predicted octanol–water partition coefficient (Wildman–Crippen LogP) is 7.75. The van der Waals surface area contributed by atoms with E-state index >= 15 is 0 Å². The highest BCUT2D eigenvalue weighted by Gasteiger charge is 2.43. The summed E-state index contributed by atoms with van der Waals surface area (Å²) >= 11 is 0. The first kappa shape index (κ1) is 39.0. The summed E-state index contributed by atoms with van der Waals surface area (Å²) < 4.78 is 131. The molecular weight excluding hydrogens is 733 g/mol. The number of carbonyl (C=O) groups excluding carboxylic acids is 2. The number of rotatable bonds is 8. The Hall–Kier alpha value is -4.74. The zero-order valence-corrected chi connectivity index (χ0v) is 28.4. The number of hydrogen-bond donors (Lipinski definition) is 2. The zero-order valence-electron chi connectivity index (χ0n) is 28.4. The van der Waals surface area contributed by atoms with Crippen molar-refractivity contribution < 1.29 is 53.8 Å². The molecule has 3 aromatic carbocycles. The van der Waals surface area contributed by atoms with Gasteiger partial charge < -0.3 is 15.4 Å². The molecule has 0 aliphatic carbocycles. The van der Waals surface area contributed by atoms with Crippen LogP contribution in [-0.2, 0) is 22.3 Å². The van der Waals surface area contributed by atoms with Crippen molar-refractivity contribution in [1.29, 1.82) is 0 Å². The van der Waals surface area contributed by atoms with Crippen molar-refractivity contribution in [2.75, 3.05) is 44.7 Å². The molecule has 0 spiro atoms. The van der Waals surface area contributed by atoms with E-state index in [9.17, 15) is 49.1 Å². The first-order chi connectivity index (χ1) is 25.5. The molecule has 1 atom stereocenters. The van der Waals surface area contributed by atoms with Crippen LogP contribution in [0.4, 0.5) is 45.2 Å². The highest BCUT2D eigenvalue weighted by molar-refractivity contribution is 6.10. The lowest BCUT2D eigenvalue weighted by atomic mass is 9.93. The number of halogens is 9. The van der Waals surface area contributed by atoms with Crippen LogP contribution >= 0.6 is 0 Å². The summed E-state index contributed by atoms with van der Waals surface area (Å²) in [4.78, 5) is 35.0. The van der Waals surface area contributed by atoms with E-state index in [0.29, 0.717) is 39.1 Å². The molecule has 288 valence electrons. The molecule has 1 aromatic heterocycles. The summed E-state index contributed by atoms with van der Waals surface area (Å²) in [7, 11) is 0. The normalized spacial score (nSPS) is 17.4. The first-order valence-electron chi connectivity index (χ1n) is 17.0. The number of alkyl halides is 9. The Labute approximate surface area is 303 Å². The number of amides is 2. The van der Waals surface area contributed by atoms with E-state index in [1.165, 1.54) is 24.3 Å². The van der Waals surface area contributed by atoms with Crippen LogP contribution in [-0.4, -0.2) is 84.4 Å². The van der Waals surface area contributed by atoms with E-state index in [2.05, 4.69) is 9.88 Å². The molecule has 54 heavy (non-hydrogen) atoms. The molecular formula is C37H34F9N5O3. The smallest absolute Gasteiger partial charge is 0.379 e. The second-order valence-corrected chi connectivity index (χ2v) is 13.1. The van der Waals surface area contributed by atoms with Crippen LogP contribution in [0.3, 0.4) is 0 Å². The van der Waals surface area contributed by atoms with Gasteiger partial charge in [0.25, 0.3) is 5.91 Å². The number of hydrogen-bond acceptors (Lipinski definition) is 6. The SMILES string of the molecule is O=C(NC(c1ccccc1)C(F)(F)F)c1c(CN2CCC(N3CCOCC3)CC2)c(-c2cccc(C(F)(F)F)c2)nc2ccc(NC(=O)C(F)(F)F)cc12. The zero-order chi connectivity index (χ0) is 38.8. The third-order valence-corrected chi connectivity index (χ3v) is 9.53. The fourth-order valence-corrected chi connectivity index (χ4v) is 6.89. The second-order valence-electron chi connectivity index (χ2n) is 13.1. The summed E-state index contributed by atoms with van der Waals surface area (Å²) in [6, 6.07) is 11.4. The van der Waals surface area contributed by atoms with E-state index in [-0.39, 0.29) is 45.9 Å². The lowest BCUT2D eigenvalue weighted by Gasteiger charge is -2.40. The van der Waals surface area contributed by atoms with Gasteiger partial charge in [0.15, 0.2) is 6.04 Å². The van der Waals surface area contributed by atoms with Gasteiger partial charge in [0.2, 0.25) is 0 Å². The Morgan fingerprint density at radius 3 is 2.15 bits per heavy atom. The van der Waals surface area contributed by atoms with Gasteiger partial charge >= 0.3 is 24.4 Å². The molecule has 2 amide bonds. The van der Waals surface area contributed by atoms with Crippen molar-refractivity contribution >= 4 is 28.4 Å². The topological polar surface area (TPSA) is 86.8 Å². The van der Waals surface area contributed by atoms with Gasteiger partial charge in [-0.15, -0.1) is 0 Å². The van der Waals surface area contributed by atoms with Crippen molar-refractivity contribution in [3.05, 3.63) is 95.1 Å². The lowest BCUT2D eigenvalue weighted by molar-refractivity contribution is -0.167. The van der Waals surface area contributed by atoms with Gasteiger partial charge in [-0.1, -0.05) is 42.5 Å². The van der Waals surface area contributed by atoms with Gasteiger partial charge in [-0.2, -0.15) is 39.5 Å². The second kappa shape index (κ2) is 15.5. The number of nitrogens with one attached hydrogen (secondary N) is 2. The van der Waals surface area contributed by atoms with Crippen LogP contribution in [0.15, 0.2) is 72.8 Å². The minimum absolute atomic E-state index is 0.0440. The van der Waals surface area contributed by atoms with Crippen molar-refractivity contribution in [2.24, 2.45) is 0 Å². The molecule has 17 heteroatoms. The van der Waals surface area contributed by atoms with Gasteiger partial charge in [-0.25, -0.2) is 4.98 Å². The van der Waals surface area contributed by atoms with Gasteiger partial charge in [0, 0.05) is 47.9 Å². The number of aromatic nitrogens is 1. The number of ether oxygens (including phenoxy) is 1. The average molecular weight is 768 g/mol. The molecule has 2 aliphatic heterocycles. The summed E-state index contributed by atoms with van der Waals surface area (Å²) in [5.74, 6) is -3.65. The molecule has 2 saturated heterocycles. The lowest BCUT2D eigenvalue weighted by Crippen LogP contribution is -2.48. The molecule has 3 heterocycles. The number of morpholine rings is 1. The number of pyridine rings is 1. The summed E-state index contributed by atoms with van der Waals surface area (Å²) in [5, 5.41) is 3.49. The number of piperidine rings is 1.